The Morgan fingerprint density at radius 3 is 2.37 bits per heavy atom. The van der Waals surface area contributed by atoms with E-state index in [1.165, 1.54) is 11.1 Å². The molecule has 19 heavy (non-hydrogen) atoms. The van der Waals surface area contributed by atoms with Gasteiger partial charge in [0.15, 0.2) is 0 Å². The van der Waals surface area contributed by atoms with E-state index in [9.17, 15) is 0 Å². The Bertz CT molecular complexity index is 518. The van der Waals surface area contributed by atoms with Crippen LogP contribution in [0.2, 0.25) is 0 Å². The zero-order valence-corrected chi connectivity index (χ0v) is 12.9. The van der Waals surface area contributed by atoms with Gasteiger partial charge in [-0.3, -0.25) is 0 Å². The van der Waals surface area contributed by atoms with Crippen LogP contribution in [0.4, 0.5) is 0 Å². The van der Waals surface area contributed by atoms with E-state index < -0.39 is 0 Å². The highest BCUT2D eigenvalue weighted by molar-refractivity contribution is 9.10. The molecule has 0 saturated carbocycles. The van der Waals surface area contributed by atoms with Crippen LogP contribution in [0.25, 0.3) is 0 Å². The van der Waals surface area contributed by atoms with E-state index in [1.807, 2.05) is 0 Å². The van der Waals surface area contributed by atoms with Gasteiger partial charge in [0.1, 0.15) is 10.4 Å². The Kier molecular flexibility index (Phi) is 4.77. The Hall–Kier alpha value is -1.13. The van der Waals surface area contributed by atoms with Crippen molar-refractivity contribution in [2.24, 2.45) is 5.73 Å². The minimum absolute atomic E-state index is 0.122. The molecular weight excluding hydrogens is 302 g/mol. The molecule has 102 valence electrons. The summed E-state index contributed by atoms with van der Waals surface area (Å²) in [5.74, 6) is 1.63. The van der Waals surface area contributed by atoms with Crippen molar-refractivity contribution >= 4 is 15.9 Å². The van der Waals surface area contributed by atoms with Crippen LogP contribution in [0.3, 0.4) is 0 Å². The van der Waals surface area contributed by atoms with Gasteiger partial charge in [0.2, 0.25) is 0 Å². The number of nitrogens with zero attached hydrogens (tertiary/aromatic N) is 1. The predicted octanol–water partition coefficient (Wildman–Crippen LogP) is 3.78. The highest BCUT2D eigenvalue weighted by Crippen LogP contribution is 2.25. The maximum Gasteiger partial charge on any atom is 0.115 e. The first-order chi connectivity index (χ1) is 9.15. The topological polar surface area (TPSA) is 54.7 Å². The number of benzene rings is 1. The fraction of sp³-hybridized carbons (Fsp3) is 0.400. The van der Waals surface area contributed by atoms with E-state index in [0.717, 1.165) is 16.8 Å². The molecule has 2 aromatic rings. The molecule has 2 unspecified atom stereocenters. The maximum atomic E-state index is 5.89. The SMILES string of the molecule is CCC(C)c1ccc(C(CN)c2ncc(Br)[nH]2)cc1. The molecule has 2 atom stereocenters. The molecule has 0 bridgehead atoms. The molecule has 0 aliphatic rings. The Labute approximate surface area is 122 Å². The Morgan fingerprint density at radius 2 is 1.89 bits per heavy atom. The van der Waals surface area contributed by atoms with Gasteiger partial charge in [-0.1, -0.05) is 38.1 Å². The summed E-state index contributed by atoms with van der Waals surface area (Å²) in [6.07, 6.45) is 2.93. The minimum atomic E-state index is 0.122. The monoisotopic (exact) mass is 321 g/mol. The number of H-pyrrole nitrogens is 1. The fourth-order valence-electron chi connectivity index (χ4n) is 2.19. The molecule has 2 rings (SSSR count). The van der Waals surface area contributed by atoms with Crippen molar-refractivity contribution in [3.05, 3.63) is 52.0 Å². The van der Waals surface area contributed by atoms with Crippen molar-refractivity contribution in [2.45, 2.75) is 32.1 Å². The molecule has 1 heterocycles. The molecule has 0 radical (unpaired) electrons. The number of nitrogens with two attached hydrogens (primary N) is 1. The third kappa shape index (κ3) is 3.25. The second kappa shape index (κ2) is 6.35. The standard InChI is InChI=1S/C15H20BrN3/c1-3-10(2)11-4-6-12(7-5-11)13(8-17)15-18-9-14(16)19-15/h4-7,9-10,13H,3,8,17H2,1-2H3,(H,18,19). The second-order valence-electron chi connectivity index (χ2n) is 4.88. The highest BCUT2D eigenvalue weighted by atomic mass is 79.9. The Balaban J connectivity index is 2.24. The van der Waals surface area contributed by atoms with Crippen molar-refractivity contribution < 1.29 is 0 Å². The fourth-order valence-corrected chi connectivity index (χ4v) is 2.49. The van der Waals surface area contributed by atoms with Crippen molar-refractivity contribution in [2.75, 3.05) is 6.54 Å². The number of rotatable bonds is 5. The third-order valence-corrected chi connectivity index (χ3v) is 4.05. The lowest BCUT2D eigenvalue weighted by molar-refractivity contribution is 0.728. The smallest absolute Gasteiger partial charge is 0.115 e. The lowest BCUT2D eigenvalue weighted by Crippen LogP contribution is -2.15. The second-order valence-corrected chi connectivity index (χ2v) is 5.73. The van der Waals surface area contributed by atoms with Crippen molar-refractivity contribution in [3.8, 4) is 0 Å². The van der Waals surface area contributed by atoms with E-state index in [-0.39, 0.29) is 5.92 Å². The molecule has 4 heteroatoms. The van der Waals surface area contributed by atoms with Gasteiger partial charge >= 0.3 is 0 Å². The van der Waals surface area contributed by atoms with Gasteiger partial charge in [-0.15, -0.1) is 0 Å². The largest absolute Gasteiger partial charge is 0.336 e. The number of aromatic nitrogens is 2. The summed E-state index contributed by atoms with van der Waals surface area (Å²) in [6.45, 7) is 5.00. The molecule has 0 aliphatic heterocycles. The van der Waals surface area contributed by atoms with E-state index in [0.29, 0.717) is 12.5 Å². The first-order valence-corrected chi connectivity index (χ1v) is 7.45. The molecule has 0 saturated heterocycles. The Morgan fingerprint density at radius 1 is 1.26 bits per heavy atom. The summed E-state index contributed by atoms with van der Waals surface area (Å²) in [5, 5.41) is 0. The molecule has 0 spiro atoms. The number of nitrogens with one attached hydrogen (secondary N) is 1. The summed E-state index contributed by atoms with van der Waals surface area (Å²) >= 11 is 3.38. The van der Waals surface area contributed by atoms with Crippen LogP contribution in [0.5, 0.6) is 0 Å². The number of hydrogen-bond acceptors (Lipinski definition) is 2. The average molecular weight is 322 g/mol. The van der Waals surface area contributed by atoms with Crippen LogP contribution in [-0.2, 0) is 0 Å². The lowest BCUT2D eigenvalue weighted by Gasteiger charge is -2.15. The molecule has 3 nitrogen and oxygen atoms in total. The zero-order valence-electron chi connectivity index (χ0n) is 11.4. The van der Waals surface area contributed by atoms with Crippen LogP contribution in [0, 0.1) is 0 Å². The first-order valence-electron chi connectivity index (χ1n) is 6.66. The van der Waals surface area contributed by atoms with Gasteiger partial charge < -0.3 is 10.7 Å². The highest BCUT2D eigenvalue weighted by Gasteiger charge is 2.16. The molecule has 0 aliphatic carbocycles. The molecule has 1 aromatic carbocycles. The van der Waals surface area contributed by atoms with Crippen LogP contribution in [-0.4, -0.2) is 16.5 Å². The summed E-state index contributed by atoms with van der Waals surface area (Å²) in [5.41, 5.74) is 8.48. The minimum Gasteiger partial charge on any atom is -0.336 e. The predicted molar refractivity (Wildman–Crippen MR) is 82.3 cm³/mol. The van der Waals surface area contributed by atoms with Crippen LogP contribution in [0.1, 0.15) is 49.1 Å². The maximum absolute atomic E-state index is 5.89. The van der Waals surface area contributed by atoms with Gasteiger partial charge in [0.25, 0.3) is 0 Å². The van der Waals surface area contributed by atoms with Gasteiger partial charge in [0, 0.05) is 6.54 Å². The summed E-state index contributed by atoms with van der Waals surface area (Å²) < 4.78 is 0.886. The van der Waals surface area contributed by atoms with E-state index in [1.54, 1.807) is 6.20 Å². The van der Waals surface area contributed by atoms with E-state index >= 15 is 0 Å². The lowest BCUT2D eigenvalue weighted by atomic mass is 9.93. The van der Waals surface area contributed by atoms with Crippen LogP contribution >= 0.6 is 15.9 Å². The van der Waals surface area contributed by atoms with Gasteiger partial charge in [-0.2, -0.15) is 0 Å². The molecule has 3 N–H and O–H groups in total. The normalized spacial score (nSPS) is 14.3. The summed E-state index contributed by atoms with van der Waals surface area (Å²) in [6, 6.07) is 8.72. The van der Waals surface area contributed by atoms with Gasteiger partial charge in [0.05, 0.1) is 12.1 Å². The molecule has 1 aromatic heterocycles. The summed E-state index contributed by atoms with van der Waals surface area (Å²) in [4.78, 5) is 7.55. The average Bonchev–Trinajstić information content (AvgIpc) is 2.86. The molecule has 0 fully saturated rings. The van der Waals surface area contributed by atoms with Gasteiger partial charge in [-0.25, -0.2) is 4.98 Å². The number of aromatic amines is 1. The number of hydrogen-bond donors (Lipinski definition) is 2. The van der Waals surface area contributed by atoms with Crippen molar-refractivity contribution in [3.63, 3.8) is 0 Å². The molecular formula is C15H20BrN3. The van der Waals surface area contributed by atoms with Crippen LogP contribution in [0.15, 0.2) is 35.1 Å². The van der Waals surface area contributed by atoms with Crippen LogP contribution < -0.4 is 5.73 Å². The van der Waals surface area contributed by atoms with Crippen molar-refractivity contribution in [1.82, 2.24) is 9.97 Å². The molecule has 0 amide bonds. The van der Waals surface area contributed by atoms with E-state index in [2.05, 4.69) is 64.0 Å². The van der Waals surface area contributed by atoms with Gasteiger partial charge in [-0.05, 0) is 39.4 Å². The zero-order chi connectivity index (χ0) is 13.8. The quantitative estimate of drug-likeness (QED) is 0.880. The summed E-state index contributed by atoms with van der Waals surface area (Å²) in [7, 11) is 0. The van der Waals surface area contributed by atoms with E-state index in [4.69, 9.17) is 5.73 Å². The number of halogens is 1. The number of imidazole rings is 1. The van der Waals surface area contributed by atoms with Crippen molar-refractivity contribution in [1.29, 1.82) is 0 Å². The third-order valence-electron chi connectivity index (χ3n) is 3.65. The first kappa shape index (κ1) is 14.3.